The minimum atomic E-state index is 0.757. The third-order valence-electron chi connectivity index (χ3n) is 2.87. The summed E-state index contributed by atoms with van der Waals surface area (Å²) in [7, 11) is 1.95. The molecule has 0 heterocycles. The number of ether oxygens (including phenoxy) is 1. The van der Waals surface area contributed by atoms with Gasteiger partial charge in [0.1, 0.15) is 12.4 Å². The lowest BCUT2D eigenvalue weighted by Gasteiger charge is -2.18. The molecule has 0 aliphatic rings. The SMILES string of the molecule is CCN(CC)CCOc1ccc(CNC)cc1. The Morgan fingerprint density at radius 1 is 1.12 bits per heavy atom. The van der Waals surface area contributed by atoms with Gasteiger partial charge in [0.2, 0.25) is 0 Å². The Morgan fingerprint density at radius 3 is 2.29 bits per heavy atom. The molecule has 1 rings (SSSR count). The van der Waals surface area contributed by atoms with E-state index in [1.807, 2.05) is 19.2 Å². The summed E-state index contributed by atoms with van der Waals surface area (Å²) < 4.78 is 5.71. The van der Waals surface area contributed by atoms with Crippen molar-refractivity contribution >= 4 is 0 Å². The molecule has 3 nitrogen and oxygen atoms in total. The summed E-state index contributed by atoms with van der Waals surface area (Å²) in [5.41, 5.74) is 1.28. The van der Waals surface area contributed by atoms with E-state index in [4.69, 9.17) is 4.74 Å². The lowest BCUT2D eigenvalue weighted by Crippen LogP contribution is -2.27. The van der Waals surface area contributed by atoms with Crippen LogP contribution in [0.5, 0.6) is 5.75 Å². The average molecular weight is 236 g/mol. The molecule has 0 fully saturated rings. The van der Waals surface area contributed by atoms with E-state index in [1.54, 1.807) is 0 Å². The van der Waals surface area contributed by atoms with Crippen LogP contribution >= 0.6 is 0 Å². The van der Waals surface area contributed by atoms with Gasteiger partial charge in [-0.15, -0.1) is 0 Å². The zero-order valence-corrected chi connectivity index (χ0v) is 11.2. The first-order chi connectivity index (χ1) is 8.30. The summed E-state index contributed by atoms with van der Waals surface area (Å²) in [5.74, 6) is 0.956. The topological polar surface area (TPSA) is 24.5 Å². The quantitative estimate of drug-likeness (QED) is 0.748. The Balaban J connectivity index is 2.31. The average Bonchev–Trinajstić information content (AvgIpc) is 2.37. The molecule has 0 spiro atoms. The molecule has 17 heavy (non-hydrogen) atoms. The highest BCUT2D eigenvalue weighted by Crippen LogP contribution is 2.11. The monoisotopic (exact) mass is 236 g/mol. The molecule has 0 bridgehead atoms. The Morgan fingerprint density at radius 2 is 1.76 bits per heavy atom. The molecular weight excluding hydrogens is 212 g/mol. The summed E-state index contributed by atoms with van der Waals surface area (Å²) in [6.07, 6.45) is 0. The van der Waals surface area contributed by atoms with E-state index < -0.39 is 0 Å². The van der Waals surface area contributed by atoms with Crippen LogP contribution < -0.4 is 10.1 Å². The molecule has 0 amide bonds. The van der Waals surface area contributed by atoms with Gasteiger partial charge >= 0.3 is 0 Å². The predicted octanol–water partition coefficient (Wildman–Crippen LogP) is 2.13. The van der Waals surface area contributed by atoms with Crippen molar-refractivity contribution in [1.82, 2.24) is 10.2 Å². The van der Waals surface area contributed by atoms with Crippen LogP contribution in [-0.2, 0) is 6.54 Å². The van der Waals surface area contributed by atoms with Crippen molar-refractivity contribution in [2.24, 2.45) is 0 Å². The number of benzene rings is 1. The first-order valence-corrected chi connectivity index (χ1v) is 6.38. The van der Waals surface area contributed by atoms with Crippen molar-refractivity contribution in [3.8, 4) is 5.75 Å². The molecule has 0 saturated heterocycles. The van der Waals surface area contributed by atoms with Crippen LogP contribution in [0.1, 0.15) is 19.4 Å². The second-order valence-corrected chi connectivity index (χ2v) is 4.05. The van der Waals surface area contributed by atoms with E-state index in [0.717, 1.165) is 38.5 Å². The summed E-state index contributed by atoms with van der Waals surface area (Å²) in [6.45, 7) is 9.17. The van der Waals surface area contributed by atoms with Crippen LogP contribution in [0.15, 0.2) is 24.3 Å². The van der Waals surface area contributed by atoms with Crippen molar-refractivity contribution in [2.75, 3.05) is 33.3 Å². The smallest absolute Gasteiger partial charge is 0.119 e. The van der Waals surface area contributed by atoms with E-state index in [9.17, 15) is 0 Å². The Bertz CT molecular complexity index is 294. The third kappa shape index (κ3) is 5.20. The molecule has 0 saturated carbocycles. The van der Waals surface area contributed by atoms with Gasteiger partial charge in [-0.25, -0.2) is 0 Å². The van der Waals surface area contributed by atoms with Crippen molar-refractivity contribution in [2.45, 2.75) is 20.4 Å². The highest BCUT2D eigenvalue weighted by Gasteiger charge is 1.99. The largest absolute Gasteiger partial charge is 0.492 e. The first-order valence-electron chi connectivity index (χ1n) is 6.38. The summed E-state index contributed by atoms with van der Waals surface area (Å²) in [5, 5.41) is 3.13. The highest BCUT2D eigenvalue weighted by molar-refractivity contribution is 5.27. The fourth-order valence-corrected chi connectivity index (χ4v) is 1.74. The van der Waals surface area contributed by atoms with Gasteiger partial charge in [-0.3, -0.25) is 0 Å². The number of nitrogens with zero attached hydrogens (tertiary/aromatic N) is 1. The Hall–Kier alpha value is -1.06. The van der Waals surface area contributed by atoms with Gasteiger partial charge in [0, 0.05) is 13.1 Å². The summed E-state index contributed by atoms with van der Waals surface area (Å²) >= 11 is 0. The zero-order valence-electron chi connectivity index (χ0n) is 11.2. The predicted molar refractivity (Wildman–Crippen MR) is 72.5 cm³/mol. The fraction of sp³-hybridized carbons (Fsp3) is 0.571. The molecule has 0 aliphatic heterocycles. The Kier molecular flexibility index (Phi) is 6.67. The van der Waals surface area contributed by atoms with E-state index in [1.165, 1.54) is 5.56 Å². The van der Waals surface area contributed by atoms with Crippen LogP contribution in [-0.4, -0.2) is 38.2 Å². The minimum absolute atomic E-state index is 0.757. The van der Waals surface area contributed by atoms with E-state index >= 15 is 0 Å². The highest BCUT2D eigenvalue weighted by atomic mass is 16.5. The number of hydrogen-bond donors (Lipinski definition) is 1. The van der Waals surface area contributed by atoms with Gasteiger partial charge in [0.25, 0.3) is 0 Å². The molecule has 0 aromatic heterocycles. The van der Waals surface area contributed by atoms with E-state index in [2.05, 4.69) is 36.2 Å². The van der Waals surface area contributed by atoms with Gasteiger partial charge in [-0.1, -0.05) is 26.0 Å². The maximum absolute atomic E-state index is 5.71. The van der Waals surface area contributed by atoms with Crippen molar-refractivity contribution in [3.63, 3.8) is 0 Å². The summed E-state index contributed by atoms with van der Waals surface area (Å²) in [6, 6.07) is 8.27. The van der Waals surface area contributed by atoms with Gasteiger partial charge in [-0.2, -0.15) is 0 Å². The third-order valence-corrected chi connectivity index (χ3v) is 2.87. The van der Waals surface area contributed by atoms with Crippen LogP contribution in [0.4, 0.5) is 0 Å². The zero-order chi connectivity index (χ0) is 12.5. The number of rotatable bonds is 8. The lowest BCUT2D eigenvalue weighted by atomic mass is 10.2. The van der Waals surface area contributed by atoms with E-state index in [0.29, 0.717) is 0 Å². The van der Waals surface area contributed by atoms with Gasteiger partial charge in [-0.05, 0) is 37.8 Å². The maximum atomic E-state index is 5.71. The second kappa shape index (κ2) is 8.09. The van der Waals surface area contributed by atoms with Crippen molar-refractivity contribution in [3.05, 3.63) is 29.8 Å². The number of hydrogen-bond acceptors (Lipinski definition) is 3. The maximum Gasteiger partial charge on any atom is 0.119 e. The second-order valence-electron chi connectivity index (χ2n) is 4.05. The standard InChI is InChI=1S/C14H24N2O/c1-4-16(5-2)10-11-17-14-8-6-13(7-9-14)12-15-3/h6-9,15H,4-5,10-12H2,1-3H3. The van der Waals surface area contributed by atoms with Gasteiger partial charge < -0.3 is 15.0 Å². The van der Waals surface area contributed by atoms with Gasteiger partial charge in [0.15, 0.2) is 0 Å². The molecule has 96 valence electrons. The van der Waals surface area contributed by atoms with Crippen LogP contribution in [0.2, 0.25) is 0 Å². The fourth-order valence-electron chi connectivity index (χ4n) is 1.74. The molecule has 0 unspecified atom stereocenters. The molecule has 0 atom stereocenters. The van der Waals surface area contributed by atoms with E-state index in [-0.39, 0.29) is 0 Å². The molecule has 1 N–H and O–H groups in total. The van der Waals surface area contributed by atoms with Crippen LogP contribution in [0.25, 0.3) is 0 Å². The van der Waals surface area contributed by atoms with Gasteiger partial charge in [0.05, 0.1) is 0 Å². The molecule has 0 aliphatic carbocycles. The molecule has 1 aromatic carbocycles. The van der Waals surface area contributed by atoms with Crippen molar-refractivity contribution < 1.29 is 4.74 Å². The van der Waals surface area contributed by atoms with Crippen LogP contribution in [0, 0.1) is 0 Å². The molecular formula is C14H24N2O. The minimum Gasteiger partial charge on any atom is -0.492 e. The summed E-state index contributed by atoms with van der Waals surface area (Å²) in [4.78, 5) is 2.36. The number of likely N-dealkylation sites (N-methyl/N-ethyl adjacent to an activating group) is 1. The van der Waals surface area contributed by atoms with Crippen LogP contribution in [0.3, 0.4) is 0 Å². The van der Waals surface area contributed by atoms with Crippen molar-refractivity contribution in [1.29, 1.82) is 0 Å². The Labute approximate surface area is 105 Å². The first kappa shape index (κ1) is 14.0. The normalized spacial score (nSPS) is 10.8. The molecule has 3 heteroatoms. The number of nitrogens with one attached hydrogen (secondary N) is 1. The lowest BCUT2D eigenvalue weighted by molar-refractivity contribution is 0.223. The molecule has 1 aromatic rings. The molecule has 0 radical (unpaired) electrons.